The molecule has 1 aliphatic heterocycles. The second-order valence-electron chi connectivity index (χ2n) is 10.1. The molecule has 1 saturated carbocycles. The standard InChI is InChI=1S/C28H32N2O5/c31-26(32)14-18-6-5-13-30(16-18)27(33)19-11-12-20(15-19)29-28(34)35-17-25-23-9-3-1-7-21(23)22-8-2-4-10-24(22)25/h1-4,7-10,18-20,25H,5-6,11-17H2,(H,29,34)(H,31,32). The smallest absolute Gasteiger partial charge is 0.407 e. The number of benzene rings is 2. The van der Waals surface area contributed by atoms with Crippen LogP contribution in [0.25, 0.3) is 11.1 Å². The third-order valence-electron chi connectivity index (χ3n) is 7.74. The summed E-state index contributed by atoms with van der Waals surface area (Å²) in [7, 11) is 0. The first-order valence-electron chi connectivity index (χ1n) is 12.6. The van der Waals surface area contributed by atoms with Crippen molar-refractivity contribution in [3.05, 3.63) is 59.7 Å². The summed E-state index contributed by atoms with van der Waals surface area (Å²) in [5, 5.41) is 12.0. The van der Waals surface area contributed by atoms with Gasteiger partial charge in [-0.15, -0.1) is 0 Å². The minimum atomic E-state index is -0.808. The Morgan fingerprint density at radius 3 is 2.34 bits per heavy atom. The van der Waals surface area contributed by atoms with Crippen LogP contribution in [0.15, 0.2) is 48.5 Å². The van der Waals surface area contributed by atoms with Gasteiger partial charge in [-0.3, -0.25) is 9.59 Å². The van der Waals surface area contributed by atoms with Crippen LogP contribution < -0.4 is 5.32 Å². The molecule has 0 aromatic heterocycles. The lowest BCUT2D eigenvalue weighted by Crippen LogP contribution is -2.43. The Morgan fingerprint density at radius 1 is 0.971 bits per heavy atom. The van der Waals surface area contributed by atoms with Crippen molar-refractivity contribution in [1.29, 1.82) is 0 Å². The molecule has 0 spiro atoms. The molecule has 5 rings (SSSR count). The highest BCUT2D eigenvalue weighted by molar-refractivity contribution is 5.80. The number of fused-ring (bicyclic) bond motifs is 3. The summed E-state index contributed by atoms with van der Waals surface area (Å²) in [4.78, 5) is 38.5. The van der Waals surface area contributed by atoms with Gasteiger partial charge in [0.2, 0.25) is 5.91 Å². The van der Waals surface area contributed by atoms with E-state index in [0.29, 0.717) is 19.5 Å². The van der Waals surface area contributed by atoms with Crippen molar-refractivity contribution in [2.75, 3.05) is 19.7 Å². The molecule has 1 heterocycles. The van der Waals surface area contributed by atoms with Crippen LogP contribution in [0.5, 0.6) is 0 Å². The summed E-state index contributed by atoms with van der Waals surface area (Å²) >= 11 is 0. The second-order valence-corrected chi connectivity index (χ2v) is 10.1. The van der Waals surface area contributed by atoms with Gasteiger partial charge in [0.05, 0.1) is 0 Å². The van der Waals surface area contributed by atoms with Crippen LogP contribution in [-0.2, 0) is 14.3 Å². The lowest BCUT2D eigenvalue weighted by Gasteiger charge is -2.33. The number of carboxylic acid groups (broad SMARTS) is 1. The molecular formula is C28H32N2O5. The molecule has 35 heavy (non-hydrogen) atoms. The van der Waals surface area contributed by atoms with Crippen LogP contribution in [0, 0.1) is 11.8 Å². The number of hydrogen-bond acceptors (Lipinski definition) is 4. The normalized spacial score (nSPS) is 23.4. The summed E-state index contributed by atoms with van der Waals surface area (Å²) in [6.07, 6.45) is 3.44. The quantitative estimate of drug-likeness (QED) is 0.644. The van der Waals surface area contributed by atoms with E-state index in [1.807, 2.05) is 29.2 Å². The molecule has 7 heteroatoms. The third kappa shape index (κ3) is 5.04. The van der Waals surface area contributed by atoms with Crippen LogP contribution in [0.2, 0.25) is 0 Å². The largest absolute Gasteiger partial charge is 0.481 e. The van der Waals surface area contributed by atoms with Crippen molar-refractivity contribution in [3.63, 3.8) is 0 Å². The Hall–Kier alpha value is -3.35. The molecule has 2 aliphatic carbocycles. The zero-order chi connectivity index (χ0) is 24.4. The molecule has 2 aromatic rings. The van der Waals surface area contributed by atoms with Crippen LogP contribution >= 0.6 is 0 Å². The van der Waals surface area contributed by atoms with E-state index >= 15 is 0 Å². The highest BCUT2D eigenvalue weighted by atomic mass is 16.5. The molecule has 2 amide bonds. The molecule has 3 aliphatic rings. The summed E-state index contributed by atoms with van der Waals surface area (Å²) in [6, 6.07) is 16.4. The zero-order valence-corrected chi connectivity index (χ0v) is 19.8. The van der Waals surface area contributed by atoms with E-state index in [4.69, 9.17) is 9.84 Å². The summed E-state index contributed by atoms with van der Waals surface area (Å²) in [6.45, 7) is 1.48. The molecule has 2 N–H and O–H groups in total. The van der Waals surface area contributed by atoms with Crippen molar-refractivity contribution in [2.24, 2.45) is 11.8 Å². The van der Waals surface area contributed by atoms with Gasteiger partial charge < -0.3 is 20.1 Å². The number of amides is 2. The van der Waals surface area contributed by atoms with Crippen molar-refractivity contribution >= 4 is 18.0 Å². The van der Waals surface area contributed by atoms with Gasteiger partial charge in [0, 0.05) is 37.4 Å². The minimum absolute atomic E-state index is 0.0175. The topological polar surface area (TPSA) is 95.9 Å². The number of likely N-dealkylation sites (tertiary alicyclic amines) is 1. The van der Waals surface area contributed by atoms with Gasteiger partial charge in [0.15, 0.2) is 0 Å². The number of nitrogens with zero attached hydrogens (tertiary/aromatic N) is 1. The first kappa shape index (κ1) is 23.4. The lowest BCUT2D eigenvalue weighted by atomic mass is 9.93. The maximum atomic E-state index is 13.0. The number of carbonyl (C=O) groups is 3. The molecule has 2 fully saturated rings. The number of hydrogen-bond donors (Lipinski definition) is 2. The average Bonchev–Trinajstić information content (AvgIpc) is 3.45. The van der Waals surface area contributed by atoms with E-state index in [2.05, 4.69) is 29.6 Å². The van der Waals surface area contributed by atoms with Crippen LogP contribution in [0.4, 0.5) is 4.79 Å². The molecule has 3 atom stereocenters. The van der Waals surface area contributed by atoms with Crippen molar-refractivity contribution in [1.82, 2.24) is 10.2 Å². The molecule has 7 nitrogen and oxygen atoms in total. The van der Waals surface area contributed by atoms with Crippen LogP contribution in [0.1, 0.15) is 55.6 Å². The number of nitrogens with one attached hydrogen (secondary N) is 1. The van der Waals surface area contributed by atoms with E-state index in [1.165, 1.54) is 22.3 Å². The van der Waals surface area contributed by atoms with E-state index in [9.17, 15) is 14.4 Å². The molecule has 0 radical (unpaired) electrons. The van der Waals surface area contributed by atoms with Crippen LogP contribution in [-0.4, -0.2) is 53.7 Å². The Labute approximate surface area is 205 Å². The van der Waals surface area contributed by atoms with Gasteiger partial charge in [0.25, 0.3) is 0 Å². The van der Waals surface area contributed by atoms with Gasteiger partial charge in [-0.25, -0.2) is 4.79 Å². The highest BCUT2D eigenvalue weighted by Gasteiger charge is 2.36. The molecule has 1 saturated heterocycles. The Bertz CT molecular complexity index is 1070. The Morgan fingerprint density at radius 2 is 1.66 bits per heavy atom. The maximum Gasteiger partial charge on any atom is 0.407 e. The monoisotopic (exact) mass is 476 g/mol. The SMILES string of the molecule is O=C(O)CC1CCCN(C(=O)C2CCC(NC(=O)OCC3c4ccccc4-c4ccccc43)C2)C1. The third-order valence-corrected chi connectivity index (χ3v) is 7.74. The summed E-state index contributed by atoms with van der Waals surface area (Å²) in [5.41, 5.74) is 4.74. The number of rotatable bonds is 6. The fourth-order valence-electron chi connectivity index (χ4n) is 6.08. The summed E-state index contributed by atoms with van der Waals surface area (Å²) < 4.78 is 5.66. The first-order chi connectivity index (χ1) is 17.0. The number of ether oxygens (including phenoxy) is 1. The van der Waals surface area contributed by atoms with Gasteiger partial charge in [-0.1, -0.05) is 48.5 Å². The number of piperidine rings is 1. The Kier molecular flexibility index (Phi) is 6.75. The second kappa shape index (κ2) is 10.1. The van der Waals surface area contributed by atoms with Gasteiger partial charge >= 0.3 is 12.1 Å². The van der Waals surface area contributed by atoms with Gasteiger partial charge in [0.1, 0.15) is 6.61 Å². The van der Waals surface area contributed by atoms with Gasteiger partial charge in [-0.05, 0) is 60.3 Å². The predicted octanol–water partition coefficient (Wildman–Crippen LogP) is 4.41. The molecular weight excluding hydrogens is 444 g/mol. The lowest BCUT2D eigenvalue weighted by molar-refractivity contribution is -0.142. The fraction of sp³-hybridized carbons (Fsp3) is 0.464. The van der Waals surface area contributed by atoms with Crippen molar-refractivity contribution < 1.29 is 24.2 Å². The van der Waals surface area contributed by atoms with E-state index in [1.54, 1.807) is 0 Å². The molecule has 3 unspecified atom stereocenters. The van der Waals surface area contributed by atoms with E-state index in [-0.39, 0.29) is 42.7 Å². The minimum Gasteiger partial charge on any atom is -0.481 e. The number of aliphatic carboxylic acids is 1. The maximum absolute atomic E-state index is 13.0. The highest BCUT2D eigenvalue weighted by Crippen LogP contribution is 2.44. The fourth-order valence-corrected chi connectivity index (χ4v) is 6.08. The average molecular weight is 477 g/mol. The number of alkyl carbamates (subject to hydrolysis) is 1. The number of carbonyl (C=O) groups excluding carboxylic acids is 2. The summed E-state index contributed by atoms with van der Waals surface area (Å²) in [5.74, 6) is -0.794. The Balaban J connectivity index is 1.12. The molecule has 2 aromatic carbocycles. The molecule has 0 bridgehead atoms. The van der Waals surface area contributed by atoms with Crippen molar-refractivity contribution in [2.45, 2.75) is 50.5 Å². The molecule has 184 valence electrons. The van der Waals surface area contributed by atoms with Crippen LogP contribution in [0.3, 0.4) is 0 Å². The van der Waals surface area contributed by atoms with E-state index < -0.39 is 12.1 Å². The first-order valence-corrected chi connectivity index (χ1v) is 12.6. The predicted molar refractivity (Wildman–Crippen MR) is 131 cm³/mol. The number of carboxylic acids is 1. The van der Waals surface area contributed by atoms with Gasteiger partial charge in [-0.2, -0.15) is 0 Å². The van der Waals surface area contributed by atoms with E-state index in [0.717, 1.165) is 25.7 Å². The zero-order valence-electron chi connectivity index (χ0n) is 19.8. The van der Waals surface area contributed by atoms with Crippen molar-refractivity contribution in [3.8, 4) is 11.1 Å².